The van der Waals surface area contributed by atoms with E-state index >= 15 is 0 Å². The van der Waals surface area contributed by atoms with Gasteiger partial charge in [-0.25, -0.2) is 8.78 Å². The van der Waals surface area contributed by atoms with Crippen molar-refractivity contribution < 1.29 is 13.6 Å². The maximum absolute atomic E-state index is 13.5. The van der Waals surface area contributed by atoms with E-state index in [2.05, 4.69) is 10.4 Å². The van der Waals surface area contributed by atoms with E-state index in [-0.39, 0.29) is 17.8 Å². The summed E-state index contributed by atoms with van der Waals surface area (Å²) < 4.78 is 27.7. The Balaban J connectivity index is 2.14. The first-order valence-corrected chi connectivity index (χ1v) is 6.47. The van der Waals surface area contributed by atoms with Crippen LogP contribution in [-0.4, -0.2) is 15.7 Å². The molecule has 0 aliphatic carbocycles. The molecule has 0 spiro atoms. The predicted molar refractivity (Wildman–Crippen MR) is 74.5 cm³/mol. The van der Waals surface area contributed by atoms with Crippen LogP contribution in [0.15, 0.2) is 18.2 Å². The number of anilines is 1. The topological polar surface area (TPSA) is 72.9 Å². The molecule has 3 N–H and O–H groups in total. The van der Waals surface area contributed by atoms with E-state index in [9.17, 15) is 13.6 Å². The van der Waals surface area contributed by atoms with Gasteiger partial charge in [0.25, 0.3) is 5.91 Å². The first-order valence-electron chi connectivity index (χ1n) is 6.47. The Bertz CT molecular complexity index is 682. The van der Waals surface area contributed by atoms with Crippen molar-refractivity contribution in [2.75, 3.05) is 5.73 Å². The third-order valence-corrected chi connectivity index (χ3v) is 3.16. The Morgan fingerprint density at radius 2 is 2.14 bits per heavy atom. The molecular formula is C14H16F2N4O. The second-order valence-corrected chi connectivity index (χ2v) is 4.60. The smallest absolute Gasteiger partial charge is 0.271 e. The number of nitrogens with one attached hydrogen (secondary N) is 1. The number of nitrogen functional groups attached to an aromatic ring is 1. The van der Waals surface area contributed by atoms with Crippen LogP contribution in [0.4, 0.5) is 14.5 Å². The molecule has 2 aromatic rings. The van der Waals surface area contributed by atoms with Crippen molar-refractivity contribution in [3.8, 4) is 0 Å². The predicted octanol–water partition coefficient (Wildman–Crippen LogP) is 1.77. The second kappa shape index (κ2) is 5.90. The van der Waals surface area contributed by atoms with Gasteiger partial charge >= 0.3 is 0 Å². The first kappa shape index (κ1) is 15.0. The fourth-order valence-corrected chi connectivity index (χ4v) is 2.05. The zero-order valence-electron chi connectivity index (χ0n) is 11.8. The molecule has 5 nitrogen and oxygen atoms in total. The fourth-order valence-electron chi connectivity index (χ4n) is 2.05. The minimum Gasteiger partial charge on any atom is -0.395 e. The van der Waals surface area contributed by atoms with Gasteiger partial charge in [-0.3, -0.25) is 9.48 Å². The number of aromatic nitrogens is 2. The fraction of sp³-hybridized carbons (Fsp3) is 0.286. The zero-order chi connectivity index (χ0) is 15.6. The lowest BCUT2D eigenvalue weighted by Crippen LogP contribution is -2.26. The molecular weight excluding hydrogens is 278 g/mol. The van der Waals surface area contributed by atoms with E-state index < -0.39 is 17.5 Å². The summed E-state index contributed by atoms with van der Waals surface area (Å²) in [5.41, 5.74) is 7.24. The number of benzene rings is 1. The molecule has 0 fully saturated rings. The number of nitrogens with zero attached hydrogens (tertiary/aromatic N) is 2. The molecule has 0 atom stereocenters. The molecule has 7 heteroatoms. The standard InChI is InChI=1S/C14H16F2N4O/c1-3-11-12(17)13(20(2)19-11)14(21)18-7-8-4-5-9(15)6-10(8)16/h4-6H,3,7,17H2,1-2H3,(H,18,21). The molecule has 1 aromatic carbocycles. The lowest BCUT2D eigenvalue weighted by Gasteiger charge is -2.07. The van der Waals surface area contributed by atoms with E-state index in [1.165, 1.54) is 10.7 Å². The van der Waals surface area contributed by atoms with Crippen molar-refractivity contribution in [1.82, 2.24) is 15.1 Å². The summed E-state index contributed by atoms with van der Waals surface area (Å²) in [4.78, 5) is 12.1. The van der Waals surface area contributed by atoms with E-state index in [1.54, 1.807) is 7.05 Å². The van der Waals surface area contributed by atoms with Gasteiger partial charge in [0, 0.05) is 25.2 Å². The number of aryl methyl sites for hydroxylation is 2. The highest BCUT2D eigenvalue weighted by Gasteiger charge is 2.19. The number of rotatable bonds is 4. The largest absolute Gasteiger partial charge is 0.395 e. The van der Waals surface area contributed by atoms with Gasteiger partial charge in [-0.1, -0.05) is 13.0 Å². The van der Waals surface area contributed by atoms with E-state index in [1.807, 2.05) is 6.92 Å². The van der Waals surface area contributed by atoms with Gasteiger partial charge in [0.1, 0.15) is 17.3 Å². The van der Waals surface area contributed by atoms with E-state index in [0.29, 0.717) is 17.8 Å². The summed E-state index contributed by atoms with van der Waals surface area (Å²) in [5.74, 6) is -1.82. The van der Waals surface area contributed by atoms with Crippen LogP contribution in [0.3, 0.4) is 0 Å². The van der Waals surface area contributed by atoms with Gasteiger partial charge in [-0.2, -0.15) is 5.10 Å². The molecule has 0 radical (unpaired) electrons. The lowest BCUT2D eigenvalue weighted by atomic mass is 10.2. The number of hydrogen-bond acceptors (Lipinski definition) is 3. The molecule has 0 bridgehead atoms. The monoisotopic (exact) mass is 294 g/mol. The SMILES string of the molecule is CCc1nn(C)c(C(=O)NCc2ccc(F)cc2F)c1N. The summed E-state index contributed by atoms with van der Waals surface area (Å²) >= 11 is 0. The average Bonchev–Trinajstić information content (AvgIpc) is 2.72. The van der Waals surface area contributed by atoms with Crippen LogP contribution >= 0.6 is 0 Å². The Hall–Kier alpha value is -2.44. The van der Waals surface area contributed by atoms with Crippen molar-refractivity contribution in [2.45, 2.75) is 19.9 Å². The second-order valence-electron chi connectivity index (χ2n) is 4.60. The van der Waals surface area contributed by atoms with Crippen LogP contribution in [0, 0.1) is 11.6 Å². The molecule has 112 valence electrons. The van der Waals surface area contributed by atoms with Crippen LogP contribution < -0.4 is 11.1 Å². The average molecular weight is 294 g/mol. The van der Waals surface area contributed by atoms with Gasteiger partial charge in [-0.05, 0) is 12.5 Å². The van der Waals surface area contributed by atoms with Gasteiger partial charge in [-0.15, -0.1) is 0 Å². The molecule has 0 aliphatic rings. The Labute approximate surface area is 120 Å². The summed E-state index contributed by atoms with van der Waals surface area (Å²) in [7, 11) is 1.61. The number of carbonyl (C=O) groups excluding carboxylic acids is 1. The minimum atomic E-state index is -0.706. The molecule has 1 heterocycles. The van der Waals surface area contributed by atoms with Crippen LogP contribution in [0.5, 0.6) is 0 Å². The molecule has 0 unspecified atom stereocenters. The maximum Gasteiger partial charge on any atom is 0.271 e. The Morgan fingerprint density at radius 1 is 1.43 bits per heavy atom. The number of amides is 1. The van der Waals surface area contributed by atoms with Gasteiger partial charge in [0.05, 0.1) is 11.4 Å². The number of carbonyl (C=O) groups is 1. The van der Waals surface area contributed by atoms with E-state index in [4.69, 9.17) is 5.73 Å². The van der Waals surface area contributed by atoms with Crippen LogP contribution in [0.2, 0.25) is 0 Å². The summed E-state index contributed by atoms with van der Waals surface area (Å²) in [6, 6.07) is 3.20. The molecule has 1 amide bonds. The third kappa shape index (κ3) is 3.01. The first-order chi connectivity index (χ1) is 9.93. The van der Waals surface area contributed by atoms with Crippen molar-refractivity contribution >= 4 is 11.6 Å². The highest BCUT2D eigenvalue weighted by molar-refractivity contribution is 5.97. The normalized spacial score (nSPS) is 10.7. The molecule has 2 rings (SSSR count). The van der Waals surface area contributed by atoms with Crippen LogP contribution in [0.1, 0.15) is 28.7 Å². The summed E-state index contributed by atoms with van der Waals surface area (Å²) in [6.45, 7) is 1.82. The quantitative estimate of drug-likeness (QED) is 0.902. The van der Waals surface area contributed by atoms with Crippen molar-refractivity contribution in [1.29, 1.82) is 0 Å². The van der Waals surface area contributed by atoms with Crippen molar-refractivity contribution in [3.63, 3.8) is 0 Å². The number of halogens is 2. The lowest BCUT2D eigenvalue weighted by molar-refractivity contribution is 0.0942. The highest BCUT2D eigenvalue weighted by Crippen LogP contribution is 2.17. The van der Waals surface area contributed by atoms with Crippen molar-refractivity contribution in [2.24, 2.45) is 7.05 Å². The molecule has 0 saturated carbocycles. The number of nitrogens with two attached hydrogens (primary N) is 1. The Kier molecular flexibility index (Phi) is 4.21. The van der Waals surface area contributed by atoms with Crippen molar-refractivity contribution in [3.05, 3.63) is 46.8 Å². The van der Waals surface area contributed by atoms with Gasteiger partial charge in [0.2, 0.25) is 0 Å². The van der Waals surface area contributed by atoms with E-state index in [0.717, 1.165) is 12.1 Å². The highest BCUT2D eigenvalue weighted by atomic mass is 19.1. The number of hydrogen-bond donors (Lipinski definition) is 2. The third-order valence-electron chi connectivity index (χ3n) is 3.16. The molecule has 0 aliphatic heterocycles. The zero-order valence-corrected chi connectivity index (χ0v) is 11.8. The Morgan fingerprint density at radius 3 is 2.71 bits per heavy atom. The molecule has 1 aromatic heterocycles. The summed E-state index contributed by atoms with van der Waals surface area (Å²) in [6.07, 6.45) is 0.611. The summed E-state index contributed by atoms with van der Waals surface area (Å²) in [5, 5.41) is 6.69. The van der Waals surface area contributed by atoms with Gasteiger partial charge in [0.15, 0.2) is 0 Å². The molecule has 0 saturated heterocycles. The minimum absolute atomic E-state index is 0.0585. The molecule has 21 heavy (non-hydrogen) atoms. The van der Waals surface area contributed by atoms with Gasteiger partial charge < -0.3 is 11.1 Å². The van der Waals surface area contributed by atoms with Crippen LogP contribution in [0.25, 0.3) is 0 Å². The van der Waals surface area contributed by atoms with Crippen LogP contribution in [-0.2, 0) is 20.0 Å². The maximum atomic E-state index is 13.5.